The summed E-state index contributed by atoms with van der Waals surface area (Å²) in [4.78, 5) is 11.4. The van der Waals surface area contributed by atoms with E-state index < -0.39 is 9.84 Å². The maximum Gasteiger partial charge on any atom is 0.221 e. The molecule has 5 nitrogen and oxygen atoms in total. The SMILES string of the molecule is CS(=O)(=O)CCC(=O)NC1CCCC1N. The van der Waals surface area contributed by atoms with E-state index in [2.05, 4.69) is 5.32 Å². The molecule has 0 aliphatic heterocycles. The van der Waals surface area contributed by atoms with E-state index in [0.717, 1.165) is 25.5 Å². The van der Waals surface area contributed by atoms with Gasteiger partial charge >= 0.3 is 0 Å². The quantitative estimate of drug-likeness (QED) is 0.681. The van der Waals surface area contributed by atoms with Gasteiger partial charge in [0.05, 0.1) is 5.75 Å². The summed E-state index contributed by atoms with van der Waals surface area (Å²) in [6, 6.07) is 0.0456. The van der Waals surface area contributed by atoms with Gasteiger partial charge in [-0.15, -0.1) is 0 Å². The number of hydrogen-bond acceptors (Lipinski definition) is 4. The first kappa shape index (κ1) is 12.4. The lowest BCUT2D eigenvalue weighted by molar-refractivity contribution is -0.121. The minimum absolute atomic E-state index is 0.0205. The van der Waals surface area contributed by atoms with Gasteiger partial charge in [-0.05, 0) is 19.3 Å². The summed E-state index contributed by atoms with van der Waals surface area (Å²) in [5.74, 6) is -0.316. The molecule has 6 heteroatoms. The van der Waals surface area contributed by atoms with E-state index in [9.17, 15) is 13.2 Å². The number of nitrogens with two attached hydrogens (primary N) is 1. The smallest absolute Gasteiger partial charge is 0.221 e. The highest BCUT2D eigenvalue weighted by Gasteiger charge is 2.25. The molecule has 0 saturated heterocycles. The van der Waals surface area contributed by atoms with Crippen molar-refractivity contribution in [1.29, 1.82) is 0 Å². The van der Waals surface area contributed by atoms with Gasteiger partial charge in [0.1, 0.15) is 9.84 Å². The topological polar surface area (TPSA) is 89.3 Å². The summed E-state index contributed by atoms with van der Waals surface area (Å²) >= 11 is 0. The van der Waals surface area contributed by atoms with Crippen LogP contribution in [-0.4, -0.2) is 38.4 Å². The molecule has 2 unspecified atom stereocenters. The number of rotatable bonds is 4. The Kier molecular flexibility index (Phi) is 4.10. The van der Waals surface area contributed by atoms with Crippen molar-refractivity contribution in [2.24, 2.45) is 5.73 Å². The van der Waals surface area contributed by atoms with Gasteiger partial charge in [-0.2, -0.15) is 0 Å². The number of nitrogens with one attached hydrogen (secondary N) is 1. The highest BCUT2D eigenvalue weighted by Crippen LogP contribution is 2.16. The normalized spacial score (nSPS) is 26.5. The Labute approximate surface area is 90.3 Å². The van der Waals surface area contributed by atoms with Gasteiger partial charge in [-0.1, -0.05) is 0 Å². The van der Waals surface area contributed by atoms with Crippen LogP contribution in [0.5, 0.6) is 0 Å². The van der Waals surface area contributed by atoms with Crippen LogP contribution in [0.2, 0.25) is 0 Å². The summed E-state index contributed by atoms with van der Waals surface area (Å²) < 4.78 is 21.7. The molecular weight excluding hydrogens is 216 g/mol. The number of amides is 1. The summed E-state index contributed by atoms with van der Waals surface area (Å²) in [7, 11) is -3.06. The summed E-state index contributed by atoms with van der Waals surface area (Å²) in [5, 5.41) is 2.77. The van der Waals surface area contributed by atoms with Gasteiger partial charge < -0.3 is 11.1 Å². The Morgan fingerprint density at radius 1 is 1.47 bits per heavy atom. The van der Waals surface area contributed by atoms with Crippen molar-refractivity contribution in [3.63, 3.8) is 0 Å². The highest BCUT2D eigenvalue weighted by atomic mass is 32.2. The van der Waals surface area contributed by atoms with E-state index in [4.69, 9.17) is 5.73 Å². The molecule has 3 N–H and O–H groups in total. The molecule has 1 rings (SSSR count). The zero-order chi connectivity index (χ0) is 11.5. The summed E-state index contributed by atoms with van der Waals surface area (Å²) in [5.41, 5.74) is 5.78. The maximum absolute atomic E-state index is 11.4. The molecule has 1 fully saturated rings. The van der Waals surface area contributed by atoms with Crippen LogP contribution >= 0.6 is 0 Å². The van der Waals surface area contributed by atoms with E-state index >= 15 is 0 Å². The maximum atomic E-state index is 11.4. The fraction of sp³-hybridized carbons (Fsp3) is 0.889. The minimum atomic E-state index is -3.06. The molecule has 0 aromatic heterocycles. The molecule has 0 spiro atoms. The Morgan fingerprint density at radius 3 is 2.60 bits per heavy atom. The average molecular weight is 234 g/mol. The first-order chi connectivity index (χ1) is 6.88. The van der Waals surface area contributed by atoms with Crippen molar-refractivity contribution < 1.29 is 13.2 Å². The number of hydrogen-bond donors (Lipinski definition) is 2. The Balaban J connectivity index is 2.30. The number of sulfone groups is 1. The van der Waals surface area contributed by atoms with Crippen molar-refractivity contribution in [1.82, 2.24) is 5.32 Å². The Bertz CT molecular complexity index is 326. The average Bonchev–Trinajstić information content (AvgIpc) is 2.47. The molecule has 0 aromatic rings. The lowest BCUT2D eigenvalue weighted by atomic mass is 10.2. The lowest BCUT2D eigenvalue weighted by Crippen LogP contribution is -2.44. The minimum Gasteiger partial charge on any atom is -0.352 e. The van der Waals surface area contributed by atoms with E-state index in [-0.39, 0.29) is 30.2 Å². The fourth-order valence-corrected chi connectivity index (χ4v) is 2.28. The van der Waals surface area contributed by atoms with Crippen LogP contribution in [0, 0.1) is 0 Å². The van der Waals surface area contributed by atoms with Crippen LogP contribution in [0.15, 0.2) is 0 Å². The van der Waals surface area contributed by atoms with Crippen molar-refractivity contribution in [2.45, 2.75) is 37.8 Å². The molecule has 2 atom stereocenters. The van der Waals surface area contributed by atoms with E-state index in [1.165, 1.54) is 0 Å². The molecule has 1 aliphatic carbocycles. The molecule has 0 heterocycles. The number of carbonyl (C=O) groups excluding carboxylic acids is 1. The molecule has 1 amide bonds. The second kappa shape index (κ2) is 4.94. The second-order valence-electron chi connectivity index (χ2n) is 4.15. The zero-order valence-corrected chi connectivity index (χ0v) is 9.72. The van der Waals surface area contributed by atoms with Gasteiger partial charge in [0.25, 0.3) is 0 Å². The van der Waals surface area contributed by atoms with E-state index in [0.29, 0.717) is 0 Å². The second-order valence-corrected chi connectivity index (χ2v) is 6.41. The largest absolute Gasteiger partial charge is 0.352 e. The number of carbonyl (C=O) groups is 1. The van der Waals surface area contributed by atoms with E-state index in [1.807, 2.05) is 0 Å². The molecular formula is C9H18N2O3S. The van der Waals surface area contributed by atoms with Crippen LogP contribution in [0.4, 0.5) is 0 Å². The van der Waals surface area contributed by atoms with Crippen molar-refractivity contribution in [2.75, 3.05) is 12.0 Å². The monoisotopic (exact) mass is 234 g/mol. The predicted molar refractivity (Wildman–Crippen MR) is 58.1 cm³/mol. The van der Waals surface area contributed by atoms with Crippen LogP contribution < -0.4 is 11.1 Å². The van der Waals surface area contributed by atoms with Crippen LogP contribution in [-0.2, 0) is 14.6 Å². The van der Waals surface area contributed by atoms with E-state index in [1.54, 1.807) is 0 Å². The molecule has 1 aliphatic rings. The molecule has 1 saturated carbocycles. The van der Waals surface area contributed by atoms with Crippen molar-refractivity contribution in [3.8, 4) is 0 Å². The fourth-order valence-electron chi connectivity index (χ4n) is 1.72. The first-order valence-corrected chi connectivity index (χ1v) is 7.17. The zero-order valence-electron chi connectivity index (χ0n) is 8.90. The lowest BCUT2D eigenvalue weighted by Gasteiger charge is -2.16. The summed E-state index contributed by atoms with van der Waals surface area (Å²) in [6.07, 6.45) is 4.00. The van der Waals surface area contributed by atoms with Crippen LogP contribution in [0.3, 0.4) is 0 Å². The summed E-state index contributed by atoms with van der Waals surface area (Å²) in [6.45, 7) is 0. The van der Waals surface area contributed by atoms with Crippen LogP contribution in [0.1, 0.15) is 25.7 Å². The van der Waals surface area contributed by atoms with Crippen molar-refractivity contribution >= 4 is 15.7 Å². The molecule has 0 radical (unpaired) electrons. The Hall–Kier alpha value is -0.620. The third-order valence-electron chi connectivity index (χ3n) is 2.62. The van der Waals surface area contributed by atoms with Gasteiger partial charge in [0.2, 0.25) is 5.91 Å². The van der Waals surface area contributed by atoms with Gasteiger partial charge in [-0.3, -0.25) is 4.79 Å². The molecule has 88 valence electrons. The third kappa shape index (κ3) is 4.61. The first-order valence-electron chi connectivity index (χ1n) is 5.11. The van der Waals surface area contributed by atoms with Crippen molar-refractivity contribution in [3.05, 3.63) is 0 Å². The van der Waals surface area contributed by atoms with Crippen LogP contribution in [0.25, 0.3) is 0 Å². The van der Waals surface area contributed by atoms with Gasteiger partial charge in [0, 0.05) is 24.8 Å². The molecule has 0 aromatic carbocycles. The third-order valence-corrected chi connectivity index (χ3v) is 3.56. The molecule has 15 heavy (non-hydrogen) atoms. The predicted octanol–water partition coefficient (Wildman–Crippen LogP) is -0.583. The van der Waals surface area contributed by atoms with Gasteiger partial charge in [-0.25, -0.2) is 8.42 Å². The van der Waals surface area contributed by atoms with Gasteiger partial charge in [0.15, 0.2) is 0 Å². The molecule has 0 bridgehead atoms. The Morgan fingerprint density at radius 2 is 2.13 bits per heavy atom. The highest BCUT2D eigenvalue weighted by molar-refractivity contribution is 7.90. The standard InChI is InChI=1S/C9H18N2O3S/c1-15(13,14)6-5-9(12)11-8-4-2-3-7(8)10/h7-8H,2-6,10H2,1H3,(H,11,12).